The van der Waals surface area contributed by atoms with Crippen LogP contribution in [0.2, 0.25) is 0 Å². The SMILES string of the molecule is O=C1CC(CN2CC(Cn3nc4c(cc3=O)CCC4)C2)CN1. The van der Waals surface area contributed by atoms with Crippen molar-refractivity contribution in [3.8, 4) is 0 Å². The molecule has 0 bridgehead atoms. The molecule has 1 atom stereocenters. The van der Waals surface area contributed by atoms with Crippen LogP contribution in [0.5, 0.6) is 0 Å². The van der Waals surface area contributed by atoms with E-state index in [2.05, 4.69) is 15.3 Å². The Morgan fingerprint density at radius 2 is 2.05 bits per heavy atom. The van der Waals surface area contributed by atoms with Gasteiger partial charge < -0.3 is 10.2 Å². The number of carbonyl (C=O) groups excluding carboxylic acids is 1. The summed E-state index contributed by atoms with van der Waals surface area (Å²) in [4.78, 5) is 25.7. The molecule has 1 unspecified atom stereocenters. The summed E-state index contributed by atoms with van der Waals surface area (Å²) in [5, 5.41) is 7.43. The molecule has 0 aromatic carbocycles. The lowest BCUT2D eigenvalue weighted by Gasteiger charge is -2.40. The number of amides is 1. The number of hydrogen-bond donors (Lipinski definition) is 1. The molecular weight excluding hydrogens is 280 g/mol. The van der Waals surface area contributed by atoms with Crippen LogP contribution in [-0.2, 0) is 24.2 Å². The lowest BCUT2D eigenvalue weighted by molar-refractivity contribution is -0.119. The number of nitrogens with one attached hydrogen (secondary N) is 1. The second-order valence-electron chi connectivity index (χ2n) is 6.95. The van der Waals surface area contributed by atoms with Crippen molar-refractivity contribution in [2.24, 2.45) is 11.8 Å². The van der Waals surface area contributed by atoms with Gasteiger partial charge in [0, 0.05) is 44.6 Å². The molecule has 0 spiro atoms. The van der Waals surface area contributed by atoms with Gasteiger partial charge in [0.05, 0.1) is 12.2 Å². The van der Waals surface area contributed by atoms with E-state index in [4.69, 9.17) is 0 Å². The van der Waals surface area contributed by atoms with Gasteiger partial charge in [-0.05, 0) is 30.7 Å². The fraction of sp³-hybridized carbons (Fsp3) is 0.688. The zero-order chi connectivity index (χ0) is 15.1. The van der Waals surface area contributed by atoms with E-state index in [1.165, 1.54) is 0 Å². The first-order chi connectivity index (χ1) is 10.7. The third-order valence-corrected chi connectivity index (χ3v) is 5.07. The van der Waals surface area contributed by atoms with Gasteiger partial charge in [-0.25, -0.2) is 4.68 Å². The van der Waals surface area contributed by atoms with Crippen molar-refractivity contribution in [2.75, 3.05) is 26.2 Å². The van der Waals surface area contributed by atoms with Gasteiger partial charge in [0.15, 0.2) is 0 Å². The summed E-state index contributed by atoms with van der Waals surface area (Å²) in [5.74, 6) is 1.14. The Kier molecular flexibility index (Phi) is 3.48. The Bertz CT molecular complexity index is 648. The molecule has 1 amide bonds. The summed E-state index contributed by atoms with van der Waals surface area (Å²) in [5.41, 5.74) is 2.31. The number of aryl methyl sites for hydroxylation is 2. The number of nitrogens with zero attached hydrogens (tertiary/aromatic N) is 3. The van der Waals surface area contributed by atoms with Gasteiger partial charge >= 0.3 is 0 Å². The van der Waals surface area contributed by atoms with E-state index >= 15 is 0 Å². The van der Waals surface area contributed by atoms with Crippen LogP contribution in [0.4, 0.5) is 0 Å². The van der Waals surface area contributed by atoms with Crippen LogP contribution in [-0.4, -0.2) is 46.8 Å². The first-order valence-electron chi connectivity index (χ1n) is 8.26. The van der Waals surface area contributed by atoms with E-state index in [9.17, 15) is 9.59 Å². The normalized spacial score (nSPS) is 25.1. The molecule has 1 aliphatic carbocycles. The summed E-state index contributed by atoms with van der Waals surface area (Å²) >= 11 is 0. The molecule has 118 valence electrons. The Labute approximate surface area is 129 Å². The van der Waals surface area contributed by atoms with Gasteiger partial charge in [-0.3, -0.25) is 9.59 Å². The zero-order valence-electron chi connectivity index (χ0n) is 12.8. The first-order valence-corrected chi connectivity index (χ1v) is 8.26. The van der Waals surface area contributed by atoms with Crippen molar-refractivity contribution in [1.29, 1.82) is 0 Å². The van der Waals surface area contributed by atoms with E-state index in [0.717, 1.165) is 63.2 Å². The van der Waals surface area contributed by atoms with Crippen LogP contribution in [0.1, 0.15) is 24.1 Å². The fourth-order valence-electron chi connectivity index (χ4n) is 3.92. The van der Waals surface area contributed by atoms with Crippen LogP contribution in [0.3, 0.4) is 0 Å². The molecule has 2 aliphatic heterocycles. The van der Waals surface area contributed by atoms with E-state index in [-0.39, 0.29) is 11.5 Å². The molecule has 0 saturated carbocycles. The highest BCUT2D eigenvalue weighted by Crippen LogP contribution is 2.22. The molecule has 1 aromatic rings. The van der Waals surface area contributed by atoms with Crippen molar-refractivity contribution in [2.45, 2.75) is 32.2 Å². The monoisotopic (exact) mass is 302 g/mol. The maximum atomic E-state index is 12.1. The number of carbonyl (C=O) groups is 1. The number of rotatable bonds is 4. The maximum absolute atomic E-state index is 12.1. The molecule has 6 heteroatoms. The second kappa shape index (κ2) is 5.50. The van der Waals surface area contributed by atoms with E-state index in [0.29, 0.717) is 18.3 Å². The lowest BCUT2D eigenvalue weighted by Crippen LogP contribution is -2.51. The average Bonchev–Trinajstić information content (AvgIpc) is 3.05. The quantitative estimate of drug-likeness (QED) is 0.836. The summed E-state index contributed by atoms with van der Waals surface area (Å²) in [6, 6.07) is 1.78. The minimum Gasteiger partial charge on any atom is -0.356 e. The highest BCUT2D eigenvalue weighted by atomic mass is 16.2. The van der Waals surface area contributed by atoms with Gasteiger partial charge in [-0.2, -0.15) is 5.10 Å². The van der Waals surface area contributed by atoms with Crippen molar-refractivity contribution >= 4 is 5.91 Å². The highest BCUT2D eigenvalue weighted by Gasteiger charge is 2.31. The molecular formula is C16H22N4O2. The van der Waals surface area contributed by atoms with Crippen LogP contribution in [0.15, 0.2) is 10.9 Å². The molecule has 6 nitrogen and oxygen atoms in total. The Morgan fingerprint density at radius 3 is 2.82 bits per heavy atom. The number of aromatic nitrogens is 2. The Hall–Kier alpha value is -1.69. The third-order valence-electron chi connectivity index (χ3n) is 5.07. The van der Waals surface area contributed by atoms with Crippen molar-refractivity contribution in [1.82, 2.24) is 20.0 Å². The van der Waals surface area contributed by atoms with Gasteiger partial charge in [0.25, 0.3) is 5.56 Å². The van der Waals surface area contributed by atoms with Crippen molar-refractivity contribution in [3.63, 3.8) is 0 Å². The highest BCUT2D eigenvalue weighted by molar-refractivity contribution is 5.78. The first kappa shape index (κ1) is 13.9. The van der Waals surface area contributed by atoms with Crippen LogP contribution < -0.4 is 10.9 Å². The molecule has 3 aliphatic rings. The van der Waals surface area contributed by atoms with Crippen LogP contribution in [0, 0.1) is 11.8 Å². The van der Waals surface area contributed by atoms with Crippen LogP contribution in [0.25, 0.3) is 0 Å². The second-order valence-corrected chi connectivity index (χ2v) is 6.95. The van der Waals surface area contributed by atoms with Gasteiger partial charge in [-0.1, -0.05) is 0 Å². The Balaban J connectivity index is 1.31. The minimum absolute atomic E-state index is 0.0460. The minimum atomic E-state index is 0.0460. The standard InChI is InChI=1S/C16H22N4O2/c21-15-4-11(6-17-15)7-19-8-12(9-19)10-20-16(22)5-13-2-1-3-14(13)18-20/h5,11-12H,1-4,6-10H2,(H,17,21). The molecule has 0 radical (unpaired) electrons. The third kappa shape index (κ3) is 2.67. The van der Waals surface area contributed by atoms with Gasteiger partial charge in [-0.15, -0.1) is 0 Å². The summed E-state index contributed by atoms with van der Waals surface area (Å²) in [6.07, 6.45) is 3.79. The number of hydrogen-bond acceptors (Lipinski definition) is 4. The molecule has 2 saturated heterocycles. The average molecular weight is 302 g/mol. The Morgan fingerprint density at radius 1 is 1.18 bits per heavy atom. The van der Waals surface area contributed by atoms with Gasteiger partial charge in [0.2, 0.25) is 5.91 Å². The van der Waals surface area contributed by atoms with Crippen LogP contribution >= 0.6 is 0 Å². The predicted octanol–water partition coefficient (Wildman–Crippen LogP) is -0.200. The van der Waals surface area contributed by atoms with E-state index in [1.807, 2.05) is 0 Å². The summed E-state index contributed by atoms with van der Waals surface area (Å²) in [6.45, 7) is 4.55. The predicted molar refractivity (Wildman–Crippen MR) is 81.6 cm³/mol. The molecule has 3 heterocycles. The maximum Gasteiger partial charge on any atom is 0.267 e. The summed E-state index contributed by atoms with van der Waals surface area (Å²) in [7, 11) is 0. The molecule has 1 N–H and O–H groups in total. The fourth-order valence-corrected chi connectivity index (χ4v) is 3.92. The van der Waals surface area contributed by atoms with Crippen molar-refractivity contribution < 1.29 is 4.79 Å². The summed E-state index contributed by atoms with van der Waals surface area (Å²) < 4.78 is 1.66. The van der Waals surface area contributed by atoms with Crippen molar-refractivity contribution in [3.05, 3.63) is 27.7 Å². The lowest BCUT2D eigenvalue weighted by atomic mass is 9.97. The van der Waals surface area contributed by atoms with E-state index in [1.54, 1.807) is 10.7 Å². The smallest absolute Gasteiger partial charge is 0.267 e. The number of likely N-dealkylation sites (tertiary alicyclic amines) is 1. The molecule has 2 fully saturated rings. The molecule has 4 rings (SSSR count). The molecule has 22 heavy (non-hydrogen) atoms. The zero-order valence-corrected chi connectivity index (χ0v) is 12.8. The topological polar surface area (TPSA) is 67.2 Å². The largest absolute Gasteiger partial charge is 0.356 e. The van der Waals surface area contributed by atoms with E-state index < -0.39 is 0 Å². The van der Waals surface area contributed by atoms with Gasteiger partial charge in [0.1, 0.15) is 0 Å². The number of fused-ring (bicyclic) bond motifs is 1. The molecule has 1 aromatic heterocycles.